The van der Waals surface area contributed by atoms with Crippen molar-refractivity contribution >= 4 is 11.6 Å². The van der Waals surface area contributed by atoms with Crippen LogP contribution in [0.2, 0.25) is 5.02 Å². The van der Waals surface area contributed by atoms with Crippen molar-refractivity contribution in [2.24, 2.45) is 0 Å². The quantitative estimate of drug-likeness (QED) is 0.736. The van der Waals surface area contributed by atoms with E-state index >= 15 is 0 Å². The first-order valence-corrected chi connectivity index (χ1v) is 5.29. The van der Waals surface area contributed by atoms with Gasteiger partial charge in [0.1, 0.15) is 0 Å². The Kier molecular flexibility index (Phi) is 3.06. The first-order valence-electron chi connectivity index (χ1n) is 4.91. The standard InChI is InChI=1S/C11H14ClNO/c12-10-2-1-8-6-11(7-14)13-4-3-9(8)5-10/h1-2,5,11,13-14H,3-4,6-7H2. The third-order valence-electron chi connectivity index (χ3n) is 2.68. The molecule has 2 N–H and O–H groups in total. The number of aliphatic hydroxyl groups is 1. The SMILES string of the molecule is OCC1Cc2ccc(Cl)cc2CCN1. The molecule has 1 heterocycles. The molecule has 0 aromatic heterocycles. The first kappa shape index (κ1) is 9.97. The molecule has 1 aromatic rings. The van der Waals surface area contributed by atoms with Gasteiger partial charge in [-0.3, -0.25) is 0 Å². The number of hydrogen-bond donors (Lipinski definition) is 2. The second kappa shape index (κ2) is 4.30. The molecule has 0 radical (unpaired) electrons. The maximum atomic E-state index is 9.11. The zero-order valence-corrected chi connectivity index (χ0v) is 8.72. The van der Waals surface area contributed by atoms with Crippen LogP contribution >= 0.6 is 11.6 Å². The van der Waals surface area contributed by atoms with Crippen LogP contribution in [0.5, 0.6) is 0 Å². The Bertz CT molecular complexity index is 327. The number of halogens is 1. The monoisotopic (exact) mass is 211 g/mol. The van der Waals surface area contributed by atoms with Crippen LogP contribution in [0.3, 0.4) is 0 Å². The van der Waals surface area contributed by atoms with E-state index in [2.05, 4.69) is 11.4 Å². The van der Waals surface area contributed by atoms with Crippen LogP contribution in [-0.2, 0) is 12.8 Å². The minimum atomic E-state index is 0.192. The summed E-state index contributed by atoms with van der Waals surface area (Å²) in [7, 11) is 0. The summed E-state index contributed by atoms with van der Waals surface area (Å²) in [6, 6.07) is 6.20. The average molecular weight is 212 g/mol. The molecule has 0 fully saturated rings. The van der Waals surface area contributed by atoms with Crippen molar-refractivity contribution in [1.82, 2.24) is 5.32 Å². The molecule has 3 heteroatoms. The van der Waals surface area contributed by atoms with Gasteiger partial charge in [0, 0.05) is 11.1 Å². The van der Waals surface area contributed by atoms with Gasteiger partial charge in [0.25, 0.3) is 0 Å². The number of rotatable bonds is 1. The highest BCUT2D eigenvalue weighted by Gasteiger charge is 2.14. The highest BCUT2D eigenvalue weighted by atomic mass is 35.5. The fourth-order valence-electron chi connectivity index (χ4n) is 1.90. The van der Waals surface area contributed by atoms with Gasteiger partial charge < -0.3 is 10.4 Å². The number of hydrogen-bond acceptors (Lipinski definition) is 2. The van der Waals surface area contributed by atoms with E-state index in [1.165, 1.54) is 11.1 Å². The third kappa shape index (κ3) is 2.08. The van der Waals surface area contributed by atoms with E-state index in [1.54, 1.807) is 0 Å². The second-order valence-electron chi connectivity index (χ2n) is 3.70. The zero-order valence-electron chi connectivity index (χ0n) is 7.96. The topological polar surface area (TPSA) is 32.3 Å². The Morgan fingerprint density at radius 2 is 2.29 bits per heavy atom. The van der Waals surface area contributed by atoms with Gasteiger partial charge in [-0.15, -0.1) is 0 Å². The average Bonchev–Trinajstić information content (AvgIpc) is 2.38. The lowest BCUT2D eigenvalue weighted by Crippen LogP contribution is -2.33. The minimum absolute atomic E-state index is 0.192. The Morgan fingerprint density at radius 1 is 1.43 bits per heavy atom. The maximum Gasteiger partial charge on any atom is 0.0587 e. The van der Waals surface area contributed by atoms with Crippen LogP contribution in [0.25, 0.3) is 0 Å². The summed E-state index contributed by atoms with van der Waals surface area (Å²) in [5, 5.41) is 13.2. The molecule has 1 unspecified atom stereocenters. The van der Waals surface area contributed by atoms with Gasteiger partial charge in [-0.25, -0.2) is 0 Å². The van der Waals surface area contributed by atoms with Crippen molar-refractivity contribution in [1.29, 1.82) is 0 Å². The summed E-state index contributed by atoms with van der Waals surface area (Å²) in [6.45, 7) is 1.11. The van der Waals surface area contributed by atoms with Gasteiger partial charge in [0.15, 0.2) is 0 Å². The fraction of sp³-hybridized carbons (Fsp3) is 0.455. The molecule has 76 valence electrons. The van der Waals surface area contributed by atoms with Gasteiger partial charge in [-0.2, -0.15) is 0 Å². The van der Waals surface area contributed by atoms with Crippen LogP contribution in [0, 0.1) is 0 Å². The maximum absolute atomic E-state index is 9.11. The highest BCUT2D eigenvalue weighted by Crippen LogP contribution is 2.19. The van der Waals surface area contributed by atoms with Crippen molar-refractivity contribution in [3.05, 3.63) is 34.3 Å². The van der Waals surface area contributed by atoms with Crippen molar-refractivity contribution in [2.75, 3.05) is 13.2 Å². The molecule has 0 aliphatic carbocycles. The van der Waals surface area contributed by atoms with Crippen molar-refractivity contribution in [2.45, 2.75) is 18.9 Å². The predicted molar refractivity (Wildman–Crippen MR) is 57.7 cm³/mol. The Morgan fingerprint density at radius 3 is 3.07 bits per heavy atom. The molecular weight excluding hydrogens is 198 g/mol. The summed E-state index contributed by atoms with van der Waals surface area (Å²) >= 11 is 5.93. The lowest BCUT2D eigenvalue weighted by molar-refractivity contribution is 0.244. The van der Waals surface area contributed by atoms with Crippen LogP contribution in [0.1, 0.15) is 11.1 Å². The van der Waals surface area contributed by atoms with E-state index in [4.69, 9.17) is 16.7 Å². The molecule has 1 aromatic carbocycles. The number of fused-ring (bicyclic) bond motifs is 1. The van der Waals surface area contributed by atoms with E-state index in [-0.39, 0.29) is 12.6 Å². The molecule has 1 aliphatic rings. The molecule has 1 atom stereocenters. The van der Waals surface area contributed by atoms with Gasteiger partial charge in [-0.1, -0.05) is 17.7 Å². The normalized spacial score (nSPS) is 21.4. The van der Waals surface area contributed by atoms with Crippen molar-refractivity contribution in [3.8, 4) is 0 Å². The number of benzene rings is 1. The Hall–Kier alpha value is -0.570. The first-order chi connectivity index (χ1) is 6.79. The molecule has 0 spiro atoms. The van der Waals surface area contributed by atoms with Crippen LogP contribution in [0.15, 0.2) is 18.2 Å². The Labute approximate surface area is 88.9 Å². The summed E-state index contributed by atoms with van der Waals surface area (Å²) in [4.78, 5) is 0. The highest BCUT2D eigenvalue weighted by molar-refractivity contribution is 6.30. The molecular formula is C11H14ClNO. The molecule has 0 saturated heterocycles. The van der Waals surface area contributed by atoms with Gasteiger partial charge in [0.05, 0.1) is 6.61 Å². The van der Waals surface area contributed by atoms with E-state index in [9.17, 15) is 0 Å². The second-order valence-corrected chi connectivity index (χ2v) is 4.14. The lowest BCUT2D eigenvalue weighted by Gasteiger charge is -2.12. The predicted octanol–water partition coefficient (Wildman–Crippen LogP) is 1.39. The van der Waals surface area contributed by atoms with Crippen LogP contribution < -0.4 is 5.32 Å². The molecule has 1 aliphatic heterocycles. The van der Waals surface area contributed by atoms with E-state index in [0.29, 0.717) is 0 Å². The number of nitrogens with one attached hydrogen (secondary N) is 1. The molecule has 2 nitrogen and oxygen atoms in total. The van der Waals surface area contributed by atoms with E-state index in [1.807, 2.05) is 12.1 Å². The molecule has 14 heavy (non-hydrogen) atoms. The third-order valence-corrected chi connectivity index (χ3v) is 2.92. The summed E-state index contributed by atoms with van der Waals surface area (Å²) < 4.78 is 0. The Balaban J connectivity index is 2.27. The largest absolute Gasteiger partial charge is 0.395 e. The summed E-state index contributed by atoms with van der Waals surface area (Å²) in [6.07, 6.45) is 1.88. The van der Waals surface area contributed by atoms with Crippen molar-refractivity contribution in [3.63, 3.8) is 0 Å². The zero-order chi connectivity index (χ0) is 9.97. The number of aliphatic hydroxyl groups excluding tert-OH is 1. The summed E-state index contributed by atoms with van der Waals surface area (Å²) in [5.41, 5.74) is 2.61. The lowest BCUT2D eigenvalue weighted by atomic mass is 10.0. The fourth-order valence-corrected chi connectivity index (χ4v) is 2.10. The summed E-state index contributed by atoms with van der Waals surface area (Å²) in [5.74, 6) is 0. The molecule has 2 rings (SSSR count). The van der Waals surface area contributed by atoms with E-state index < -0.39 is 0 Å². The van der Waals surface area contributed by atoms with Crippen molar-refractivity contribution < 1.29 is 5.11 Å². The minimum Gasteiger partial charge on any atom is -0.395 e. The molecule has 0 bridgehead atoms. The van der Waals surface area contributed by atoms with Crippen LogP contribution in [0.4, 0.5) is 0 Å². The van der Waals surface area contributed by atoms with Gasteiger partial charge in [-0.05, 0) is 42.6 Å². The van der Waals surface area contributed by atoms with Gasteiger partial charge >= 0.3 is 0 Å². The van der Waals surface area contributed by atoms with E-state index in [0.717, 1.165) is 24.4 Å². The van der Waals surface area contributed by atoms with Gasteiger partial charge in [0.2, 0.25) is 0 Å². The van der Waals surface area contributed by atoms with Crippen LogP contribution in [-0.4, -0.2) is 24.3 Å². The molecule has 0 saturated carbocycles. The molecule has 0 amide bonds. The smallest absolute Gasteiger partial charge is 0.0587 e.